The van der Waals surface area contributed by atoms with Crippen LogP contribution in [0.2, 0.25) is 0 Å². The summed E-state index contributed by atoms with van der Waals surface area (Å²) in [4.78, 5) is 13.6. The minimum atomic E-state index is -0.943. The summed E-state index contributed by atoms with van der Waals surface area (Å²) < 4.78 is 25.9. The standard InChI is InChI=1S/C32H38FNO5/c1-20-9-10-23(15-31(20)33)14-25-16-27(38-4)18-34(25)17-26(35)19-39-22(3)29-7-5-6-8-30(29)24-11-12-28(32(36)37)21(2)13-24/h5-13,15,22,25-27,35H,14,16-19H2,1-4H3,(H,36,37)/t22-,25-,26-,27-/m1/s1. The summed E-state index contributed by atoms with van der Waals surface area (Å²) >= 11 is 0. The highest BCUT2D eigenvalue weighted by atomic mass is 19.1. The average molecular weight is 536 g/mol. The number of hydrogen-bond donors (Lipinski definition) is 2. The van der Waals surface area contributed by atoms with Gasteiger partial charge < -0.3 is 19.7 Å². The fourth-order valence-corrected chi connectivity index (χ4v) is 5.43. The highest BCUT2D eigenvalue weighted by Gasteiger charge is 2.33. The van der Waals surface area contributed by atoms with Crippen molar-refractivity contribution >= 4 is 5.97 Å². The molecule has 0 radical (unpaired) electrons. The second kappa shape index (κ2) is 12.8. The number of carbonyl (C=O) groups is 1. The van der Waals surface area contributed by atoms with Crippen molar-refractivity contribution in [1.82, 2.24) is 4.90 Å². The molecule has 7 heteroatoms. The van der Waals surface area contributed by atoms with E-state index in [-0.39, 0.29) is 36.2 Å². The molecule has 0 aromatic heterocycles. The molecule has 1 aliphatic heterocycles. The molecule has 6 nitrogen and oxygen atoms in total. The fraction of sp³-hybridized carbons (Fsp3) is 0.406. The molecule has 3 aromatic carbocycles. The quantitative estimate of drug-likeness (QED) is 0.334. The molecule has 1 saturated heterocycles. The topological polar surface area (TPSA) is 79.2 Å². The molecule has 208 valence electrons. The Hall–Kier alpha value is -3.10. The van der Waals surface area contributed by atoms with E-state index in [1.54, 1.807) is 33.1 Å². The van der Waals surface area contributed by atoms with Gasteiger partial charge in [0.25, 0.3) is 0 Å². The summed E-state index contributed by atoms with van der Waals surface area (Å²) in [5.41, 5.74) is 5.40. The third kappa shape index (κ3) is 7.11. The lowest BCUT2D eigenvalue weighted by Crippen LogP contribution is -2.39. The zero-order valence-corrected chi connectivity index (χ0v) is 23.1. The van der Waals surface area contributed by atoms with Crippen molar-refractivity contribution in [3.8, 4) is 11.1 Å². The number of halogens is 1. The summed E-state index contributed by atoms with van der Waals surface area (Å²) in [6.07, 6.45) is 0.592. The number of rotatable bonds is 11. The summed E-state index contributed by atoms with van der Waals surface area (Å²) in [7, 11) is 1.70. The smallest absolute Gasteiger partial charge is 0.335 e. The fourth-order valence-electron chi connectivity index (χ4n) is 5.43. The van der Waals surface area contributed by atoms with Gasteiger partial charge in [-0.05, 0) is 79.1 Å². The molecule has 1 fully saturated rings. The molecule has 0 saturated carbocycles. The molecule has 0 spiro atoms. The molecule has 0 unspecified atom stereocenters. The highest BCUT2D eigenvalue weighted by molar-refractivity contribution is 5.90. The Morgan fingerprint density at radius 3 is 2.56 bits per heavy atom. The number of ether oxygens (including phenoxy) is 2. The average Bonchev–Trinajstić information content (AvgIpc) is 3.30. The second-order valence-electron chi connectivity index (χ2n) is 10.5. The number of nitrogens with zero attached hydrogens (tertiary/aromatic N) is 1. The summed E-state index contributed by atoms with van der Waals surface area (Å²) in [6, 6.07) is 18.7. The first-order valence-corrected chi connectivity index (χ1v) is 13.4. The summed E-state index contributed by atoms with van der Waals surface area (Å²) in [6.45, 7) is 6.80. The maximum Gasteiger partial charge on any atom is 0.335 e. The Balaban J connectivity index is 1.40. The minimum Gasteiger partial charge on any atom is -0.478 e. The van der Waals surface area contributed by atoms with E-state index in [0.29, 0.717) is 30.6 Å². The molecule has 4 atom stereocenters. The van der Waals surface area contributed by atoms with Crippen LogP contribution in [-0.4, -0.2) is 66.1 Å². The number of aromatic carboxylic acids is 1. The van der Waals surface area contributed by atoms with E-state index in [4.69, 9.17) is 9.47 Å². The van der Waals surface area contributed by atoms with Crippen LogP contribution in [0.1, 0.15) is 52.1 Å². The van der Waals surface area contributed by atoms with Crippen molar-refractivity contribution in [1.29, 1.82) is 0 Å². The van der Waals surface area contributed by atoms with Gasteiger partial charge in [0, 0.05) is 26.2 Å². The lowest BCUT2D eigenvalue weighted by Gasteiger charge is -2.27. The first-order chi connectivity index (χ1) is 18.7. The lowest BCUT2D eigenvalue weighted by atomic mass is 9.94. The third-order valence-corrected chi connectivity index (χ3v) is 7.68. The van der Waals surface area contributed by atoms with E-state index in [9.17, 15) is 19.4 Å². The number of likely N-dealkylation sites (tertiary alicyclic amines) is 1. The monoisotopic (exact) mass is 535 g/mol. The zero-order chi connectivity index (χ0) is 28.1. The Morgan fingerprint density at radius 1 is 1.10 bits per heavy atom. The Labute approximate surface area is 230 Å². The number of benzene rings is 3. The van der Waals surface area contributed by atoms with Crippen LogP contribution in [0.25, 0.3) is 11.1 Å². The molecule has 3 aromatic rings. The molecular formula is C32H38FNO5. The first-order valence-electron chi connectivity index (χ1n) is 13.4. The zero-order valence-electron chi connectivity index (χ0n) is 23.1. The van der Waals surface area contributed by atoms with Gasteiger partial charge in [0.15, 0.2) is 0 Å². The SMILES string of the molecule is CO[C@@H]1C[C@@H](Cc2ccc(C)c(F)c2)N(C[C@@H](O)CO[C@H](C)c2ccccc2-c2ccc(C(=O)O)c(C)c2)C1. The van der Waals surface area contributed by atoms with Crippen molar-refractivity contribution in [3.63, 3.8) is 0 Å². The molecule has 4 rings (SSSR count). The van der Waals surface area contributed by atoms with Crippen molar-refractivity contribution in [2.45, 2.75) is 58.0 Å². The third-order valence-electron chi connectivity index (χ3n) is 7.68. The number of aliphatic hydroxyl groups is 1. The van der Waals surface area contributed by atoms with E-state index in [1.807, 2.05) is 55.5 Å². The van der Waals surface area contributed by atoms with Gasteiger partial charge in [0.05, 0.1) is 30.5 Å². The minimum absolute atomic E-state index is 0.0696. The first kappa shape index (κ1) is 28.9. The Bertz CT molecular complexity index is 1300. The van der Waals surface area contributed by atoms with Crippen LogP contribution in [-0.2, 0) is 15.9 Å². The maximum atomic E-state index is 14.1. The van der Waals surface area contributed by atoms with Gasteiger partial charge in [-0.3, -0.25) is 4.90 Å². The number of hydrogen-bond acceptors (Lipinski definition) is 5. The predicted octanol–water partition coefficient (Wildman–Crippen LogP) is 5.58. The van der Waals surface area contributed by atoms with Crippen molar-refractivity contribution < 1.29 is 28.9 Å². The number of carboxylic acids is 1. The molecule has 1 heterocycles. The van der Waals surface area contributed by atoms with Gasteiger partial charge in [0.2, 0.25) is 0 Å². The number of methoxy groups -OCH3 is 1. The van der Waals surface area contributed by atoms with Gasteiger partial charge >= 0.3 is 5.97 Å². The van der Waals surface area contributed by atoms with Gasteiger partial charge in [-0.15, -0.1) is 0 Å². The number of carboxylic acid groups (broad SMARTS) is 1. The van der Waals surface area contributed by atoms with E-state index in [1.165, 1.54) is 0 Å². The molecule has 39 heavy (non-hydrogen) atoms. The Kier molecular flexibility index (Phi) is 9.51. The normalized spacial score (nSPS) is 19.2. The van der Waals surface area contributed by atoms with Crippen molar-refractivity contribution in [3.05, 3.63) is 94.3 Å². The predicted molar refractivity (Wildman–Crippen MR) is 150 cm³/mol. The van der Waals surface area contributed by atoms with Gasteiger partial charge in [-0.1, -0.05) is 48.5 Å². The van der Waals surface area contributed by atoms with Crippen LogP contribution in [0.3, 0.4) is 0 Å². The van der Waals surface area contributed by atoms with Crippen LogP contribution in [0, 0.1) is 19.7 Å². The van der Waals surface area contributed by atoms with E-state index >= 15 is 0 Å². The van der Waals surface area contributed by atoms with Crippen LogP contribution < -0.4 is 0 Å². The summed E-state index contributed by atoms with van der Waals surface area (Å²) in [5, 5.41) is 20.3. The van der Waals surface area contributed by atoms with E-state index in [2.05, 4.69) is 4.90 Å². The molecule has 0 aliphatic carbocycles. The van der Waals surface area contributed by atoms with Crippen LogP contribution >= 0.6 is 0 Å². The van der Waals surface area contributed by atoms with Gasteiger partial charge in [-0.25, -0.2) is 9.18 Å². The number of aryl methyl sites for hydroxylation is 2. The molecule has 0 amide bonds. The van der Waals surface area contributed by atoms with Crippen LogP contribution in [0.15, 0.2) is 60.7 Å². The van der Waals surface area contributed by atoms with Crippen LogP contribution in [0.5, 0.6) is 0 Å². The molecular weight excluding hydrogens is 497 g/mol. The van der Waals surface area contributed by atoms with Gasteiger partial charge in [0.1, 0.15) is 5.82 Å². The van der Waals surface area contributed by atoms with E-state index < -0.39 is 12.1 Å². The number of β-amino-alcohol motifs (C(OH)–C–C–N with tert-alkyl or cyclic N) is 1. The molecule has 2 N–H and O–H groups in total. The number of aliphatic hydroxyl groups excluding tert-OH is 1. The van der Waals surface area contributed by atoms with Crippen LogP contribution in [0.4, 0.5) is 4.39 Å². The van der Waals surface area contributed by atoms with Crippen molar-refractivity contribution in [2.24, 2.45) is 0 Å². The summed E-state index contributed by atoms with van der Waals surface area (Å²) in [5.74, 6) is -1.14. The molecule has 0 bridgehead atoms. The lowest BCUT2D eigenvalue weighted by molar-refractivity contribution is -0.0181. The highest BCUT2D eigenvalue weighted by Crippen LogP contribution is 2.31. The second-order valence-corrected chi connectivity index (χ2v) is 10.5. The maximum absolute atomic E-state index is 14.1. The van der Waals surface area contributed by atoms with Gasteiger partial charge in [-0.2, -0.15) is 0 Å². The van der Waals surface area contributed by atoms with Crippen molar-refractivity contribution in [2.75, 3.05) is 26.8 Å². The Morgan fingerprint density at radius 2 is 1.87 bits per heavy atom. The molecule has 1 aliphatic rings. The largest absolute Gasteiger partial charge is 0.478 e. The van der Waals surface area contributed by atoms with E-state index in [0.717, 1.165) is 28.7 Å².